The number of benzene rings is 2. The number of halogens is 3. The number of rotatable bonds is 0. The third kappa shape index (κ3) is 2.11. The minimum absolute atomic E-state index is 1.30. The molecule has 0 aliphatic rings. The quantitative estimate of drug-likeness (QED) is 0.457. The maximum atomic E-state index is 2.39. The molecule has 2 aromatic rings. The normalized spacial score (nSPS) is 10.7. The molecule has 0 bridgehead atoms. The molecule has 0 radical (unpaired) electrons. The summed E-state index contributed by atoms with van der Waals surface area (Å²) in [5.74, 6) is 0. The lowest BCUT2D eigenvalue weighted by Gasteiger charge is -2.03. The smallest absolute Gasteiger partial charge is 0.0219 e. The average Bonchev–Trinajstić information content (AvgIpc) is 2.07. The Hall–Kier alpha value is 0.890. The van der Waals surface area contributed by atoms with Gasteiger partial charge in [-0.3, -0.25) is 0 Å². The molecule has 0 atom stereocenters. The van der Waals surface area contributed by atoms with Crippen molar-refractivity contribution in [3.8, 4) is 0 Å². The summed E-state index contributed by atoms with van der Waals surface area (Å²) in [5.41, 5.74) is 0. The first-order chi connectivity index (χ1) is 6.18. The van der Waals surface area contributed by atoms with E-state index in [1.807, 2.05) is 0 Å². The van der Waals surface area contributed by atoms with Gasteiger partial charge in [0.05, 0.1) is 0 Å². The molecule has 0 unspecified atom stereocenters. The van der Waals surface area contributed by atoms with E-state index in [1.54, 1.807) is 0 Å². The predicted molar refractivity (Wildman–Crippen MR) is 82.1 cm³/mol. The van der Waals surface area contributed by atoms with E-state index in [4.69, 9.17) is 0 Å². The van der Waals surface area contributed by atoms with Crippen LogP contribution in [0, 0.1) is 10.7 Å². The van der Waals surface area contributed by atoms with Crippen molar-refractivity contribution in [1.82, 2.24) is 0 Å². The zero-order valence-electron chi connectivity index (χ0n) is 6.52. The van der Waals surface area contributed by atoms with Crippen molar-refractivity contribution in [2.24, 2.45) is 0 Å². The molecule has 0 nitrogen and oxygen atoms in total. The van der Waals surface area contributed by atoms with Crippen LogP contribution >= 0.6 is 67.8 Å². The highest BCUT2D eigenvalue weighted by atomic mass is 127. The van der Waals surface area contributed by atoms with Gasteiger partial charge in [-0.1, -0.05) is 12.1 Å². The van der Waals surface area contributed by atoms with E-state index < -0.39 is 0 Å². The van der Waals surface area contributed by atoms with Crippen molar-refractivity contribution >= 4 is 78.5 Å². The zero-order valence-corrected chi connectivity index (χ0v) is 13.0. The highest BCUT2D eigenvalue weighted by molar-refractivity contribution is 14.1. The maximum absolute atomic E-state index is 2.39. The molecule has 0 amide bonds. The Labute approximate surface area is 118 Å². The first-order valence-electron chi connectivity index (χ1n) is 3.72. The van der Waals surface area contributed by atoms with E-state index in [2.05, 4.69) is 98.1 Å². The molecule has 0 aliphatic heterocycles. The van der Waals surface area contributed by atoms with E-state index in [9.17, 15) is 0 Å². The van der Waals surface area contributed by atoms with Crippen LogP contribution in [0.3, 0.4) is 0 Å². The summed E-state index contributed by atoms with van der Waals surface area (Å²) >= 11 is 7.14. The van der Waals surface area contributed by atoms with Gasteiger partial charge in [0.2, 0.25) is 0 Å². The molecule has 0 N–H and O–H groups in total. The van der Waals surface area contributed by atoms with Gasteiger partial charge in [-0.05, 0) is 96.7 Å². The van der Waals surface area contributed by atoms with Crippen LogP contribution < -0.4 is 0 Å². The summed E-state index contributed by atoms with van der Waals surface area (Å²) in [6.07, 6.45) is 0. The number of fused-ring (bicyclic) bond motifs is 1. The van der Waals surface area contributed by atoms with Gasteiger partial charge in [0, 0.05) is 10.7 Å². The molecule has 66 valence electrons. The minimum Gasteiger partial charge on any atom is -0.0605 e. The molecule has 0 heterocycles. The van der Waals surface area contributed by atoms with Crippen molar-refractivity contribution in [3.63, 3.8) is 0 Å². The van der Waals surface area contributed by atoms with Crippen molar-refractivity contribution in [1.29, 1.82) is 0 Å². The highest BCUT2D eigenvalue weighted by Gasteiger charge is 2.02. The lowest BCUT2D eigenvalue weighted by atomic mass is 10.1. The number of hydrogen-bond acceptors (Lipinski definition) is 0. The fraction of sp³-hybridized carbons (Fsp3) is 0. The van der Waals surface area contributed by atoms with Gasteiger partial charge in [0.1, 0.15) is 0 Å². The van der Waals surface area contributed by atoms with Crippen LogP contribution in [0.25, 0.3) is 10.8 Å². The standard InChI is InChI=1S/C10H5I3/c11-6-4-8-7(10(13)5-6)2-1-3-9(8)12/h1-5H. The van der Waals surface area contributed by atoms with Crippen LogP contribution in [0.5, 0.6) is 0 Å². The lowest BCUT2D eigenvalue weighted by molar-refractivity contribution is 1.63. The third-order valence-electron chi connectivity index (χ3n) is 1.86. The first kappa shape index (κ1) is 10.4. The second kappa shape index (κ2) is 4.18. The Bertz CT molecular complexity index is 463. The van der Waals surface area contributed by atoms with E-state index in [0.29, 0.717) is 0 Å². The first-order valence-corrected chi connectivity index (χ1v) is 6.95. The maximum Gasteiger partial charge on any atom is 0.0219 e. The molecule has 0 saturated carbocycles. The summed E-state index contributed by atoms with van der Waals surface area (Å²) in [6.45, 7) is 0. The molecule has 0 aliphatic carbocycles. The highest BCUT2D eigenvalue weighted by Crippen LogP contribution is 2.27. The van der Waals surface area contributed by atoms with E-state index in [0.717, 1.165) is 0 Å². The zero-order chi connectivity index (χ0) is 9.42. The Morgan fingerprint density at radius 1 is 0.769 bits per heavy atom. The van der Waals surface area contributed by atoms with Gasteiger partial charge in [0.15, 0.2) is 0 Å². The fourth-order valence-electron chi connectivity index (χ4n) is 1.27. The van der Waals surface area contributed by atoms with Gasteiger partial charge in [0.25, 0.3) is 0 Å². The monoisotopic (exact) mass is 506 g/mol. The van der Waals surface area contributed by atoms with E-state index in [-0.39, 0.29) is 0 Å². The molecular weight excluding hydrogens is 501 g/mol. The number of hydrogen-bond donors (Lipinski definition) is 0. The average molecular weight is 506 g/mol. The lowest BCUT2D eigenvalue weighted by Crippen LogP contribution is -1.83. The topological polar surface area (TPSA) is 0 Å². The second-order valence-corrected chi connectivity index (χ2v) is 6.29. The van der Waals surface area contributed by atoms with Crippen LogP contribution in [0.4, 0.5) is 0 Å². The Morgan fingerprint density at radius 3 is 2.31 bits per heavy atom. The van der Waals surface area contributed by atoms with Crippen LogP contribution in [0.15, 0.2) is 30.3 Å². The third-order valence-corrected chi connectivity index (χ3v) is 4.31. The summed E-state index contributed by atoms with van der Waals surface area (Å²) < 4.78 is 3.96. The van der Waals surface area contributed by atoms with Crippen molar-refractivity contribution in [2.45, 2.75) is 0 Å². The van der Waals surface area contributed by atoms with E-state index >= 15 is 0 Å². The minimum atomic E-state index is 1.30. The molecule has 0 fully saturated rings. The van der Waals surface area contributed by atoms with E-state index in [1.165, 1.54) is 21.5 Å². The van der Waals surface area contributed by atoms with Gasteiger partial charge < -0.3 is 0 Å². The molecule has 0 spiro atoms. The summed E-state index contributed by atoms with van der Waals surface area (Å²) in [7, 11) is 0. The molecule has 3 heteroatoms. The molecule has 13 heavy (non-hydrogen) atoms. The van der Waals surface area contributed by atoms with Crippen LogP contribution in [0.2, 0.25) is 0 Å². The molecule has 0 saturated heterocycles. The van der Waals surface area contributed by atoms with Crippen LogP contribution in [0.1, 0.15) is 0 Å². The largest absolute Gasteiger partial charge is 0.0605 e. The van der Waals surface area contributed by atoms with Crippen LogP contribution in [-0.4, -0.2) is 0 Å². The van der Waals surface area contributed by atoms with Gasteiger partial charge in [-0.2, -0.15) is 0 Å². The molecule has 0 aromatic heterocycles. The van der Waals surface area contributed by atoms with Crippen LogP contribution in [-0.2, 0) is 0 Å². The van der Waals surface area contributed by atoms with Gasteiger partial charge in [-0.15, -0.1) is 0 Å². The van der Waals surface area contributed by atoms with Gasteiger partial charge >= 0.3 is 0 Å². The Kier molecular flexibility index (Phi) is 3.34. The van der Waals surface area contributed by atoms with Crippen molar-refractivity contribution in [2.75, 3.05) is 0 Å². The Balaban J connectivity index is 2.94. The molecular formula is C10H5I3. The second-order valence-electron chi connectivity index (χ2n) is 2.72. The summed E-state index contributed by atoms with van der Waals surface area (Å²) in [4.78, 5) is 0. The fourth-order valence-corrected chi connectivity index (χ4v) is 3.95. The molecule has 2 aromatic carbocycles. The van der Waals surface area contributed by atoms with Gasteiger partial charge in [-0.25, -0.2) is 0 Å². The SMILES string of the molecule is Ic1cc(I)c2cccc(I)c2c1. The van der Waals surface area contributed by atoms with Crippen molar-refractivity contribution in [3.05, 3.63) is 41.0 Å². The Morgan fingerprint density at radius 2 is 1.54 bits per heavy atom. The molecule has 2 rings (SSSR count). The summed E-state index contributed by atoms with van der Waals surface area (Å²) in [5, 5.41) is 2.72. The summed E-state index contributed by atoms with van der Waals surface area (Å²) in [6, 6.07) is 10.9. The van der Waals surface area contributed by atoms with Crippen molar-refractivity contribution < 1.29 is 0 Å². The predicted octanol–water partition coefficient (Wildman–Crippen LogP) is 4.65.